The Bertz CT molecular complexity index is 313. The molecule has 0 heterocycles. The first-order chi connectivity index (χ1) is 8.05. The summed E-state index contributed by atoms with van der Waals surface area (Å²) in [7, 11) is 1.53. The Labute approximate surface area is 98.8 Å². The molecule has 96 valence electrons. The lowest BCUT2D eigenvalue weighted by Gasteiger charge is -2.22. The van der Waals surface area contributed by atoms with Crippen molar-refractivity contribution in [2.75, 3.05) is 20.3 Å². The second kappa shape index (κ2) is 6.61. The van der Waals surface area contributed by atoms with E-state index in [1.807, 2.05) is 0 Å². The molecule has 0 bridgehead atoms. The van der Waals surface area contributed by atoms with Gasteiger partial charge in [0.25, 0.3) is 0 Å². The maximum Gasteiger partial charge on any atom is 0.407 e. The largest absolute Gasteiger partial charge is 0.407 e. The van der Waals surface area contributed by atoms with Crippen LogP contribution in [0.3, 0.4) is 0 Å². The number of benzene rings is 1. The summed E-state index contributed by atoms with van der Waals surface area (Å²) < 4.78 is 43.3. The van der Waals surface area contributed by atoms with E-state index in [0.717, 1.165) is 0 Å². The Morgan fingerprint density at radius 1 is 1.24 bits per heavy atom. The van der Waals surface area contributed by atoms with Gasteiger partial charge in [-0.05, 0) is 18.5 Å². The molecule has 1 aromatic carbocycles. The van der Waals surface area contributed by atoms with Crippen molar-refractivity contribution in [3.05, 3.63) is 35.9 Å². The molecule has 17 heavy (non-hydrogen) atoms. The molecule has 1 aromatic rings. The summed E-state index contributed by atoms with van der Waals surface area (Å²) in [6.07, 6.45) is -3.73. The van der Waals surface area contributed by atoms with Crippen LogP contribution >= 0.6 is 0 Å². The highest BCUT2D eigenvalue weighted by Gasteiger charge is 2.40. The zero-order chi connectivity index (χ0) is 12.7. The van der Waals surface area contributed by atoms with Gasteiger partial charge in [-0.1, -0.05) is 30.3 Å². The lowest BCUT2D eigenvalue weighted by atomic mass is 10.1. The van der Waals surface area contributed by atoms with Crippen molar-refractivity contribution < 1.29 is 17.9 Å². The summed E-state index contributed by atoms with van der Waals surface area (Å²) in [6, 6.07) is 6.24. The van der Waals surface area contributed by atoms with E-state index in [1.54, 1.807) is 18.2 Å². The first-order valence-corrected chi connectivity index (χ1v) is 5.39. The minimum Gasteiger partial charge on any atom is -0.385 e. The number of alkyl halides is 3. The van der Waals surface area contributed by atoms with Gasteiger partial charge in [-0.25, -0.2) is 0 Å². The Kier molecular flexibility index (Phi) is 5.44. The fraction of sp³-hybridized carbons (Fsp3) is 0.500. The van der Waals surface area contributed by atoms with Crippen LogP contribution in [0.5, 0.6) is 0 Å². The maximum atomic E-state index is 12.8. The van der Waals surface area contributed by atoms with E-state index in [2.05, 4.69) is 5.32 Å². The van der Waals surface area contributed by atoms with Gasteiger partial charge in [0.1, 0.15) is 6.04 Å². The van der Waals surface area contributed by atoms with Gasteiger partial charge < -0.3 is 10.1 Å². The number of nitrogens with one attached hydrogen (secondary N) is 1. The molecule has 1 unspecified atom stereocenters. The van der Waals surface area contributed by atoms with E-state index in [0.29, 0.717) is 13.0 Å². The van der Waals surface area contributed by atoms with Crippen molar-refractivity contribution >= 4 is 0 Å². The van der Waals surface area contributed by atoms with Gasteiger partial charge in [-0.3, -0.25) is 0 Å². The van der Waals surface area contributed by atoms with E-state index < -0.39 is 12.2 Å². The van der Waals surface area contributed by atoms with Crippen LogP contribution in [0, 0.1) is 0 Å². The molecule has 5 heteroatoms. The summed E-state index contributed by atoms with van der Waals surface area (Å²) in [5, 5.41) is 2.51. The summed E-state index contributed by atoms with van der Waals surface area (Å²) in [5.74, 6) is 0. The second-order valence-electron chi connectivity index (χ2n) is 3.69. The maximum absolute atomic E-state index is 12.8. The van der Waals surface area contributed by atoms with Crippen LogP contribution in [0.2, 0.25) is 0 Å². The molecule has 0 saturated carbocycles. The molecule has 0 saturated heterocycles. The highest BCUT2D eigenvalue weighted by atomic mass is 19.4. The number of ether oxygens (including phenoxy) is 1. The van der Waals surface area contributed by atoms with Crippen molar-refractivity contribution in [1.29, 1.82) is 0 Å². The molecule has 0 aliphatic rings. The van der Waals surface area contributed by atoms with E-state index in [4.69, 9.17) is 4.74 Å². The van der Waals surface area contributed by atoms with Gasteiger partial charge in [0, 0.05) is 13.7 Å². The standard InChI is InChI=1S/C12H16F3NO/c1-17-9-5-8-16-11(12(13,14)15)10-6-3-2-4-7-10/h2-4,6-7,11,16H,5,8-9H2,1H3. The molecule has 1 rings (SSSR count). The van der Waals surface area contributed by atoms with Crippen molar-refractivity contribution in [2.24, 2.45) is 0 Å². The van der Waals surface area contributed by atoms with Crippen molar-refractivity contribution in [2.45, 2.75) is 18.6 Å². The van der Waals surface area contributed by atoms with Crippen LogP contribution in [0.4, 0.5) is 13.2 Å². The Balaban J connectivity index is 2.63. The van der Waals surface area contributed by atoms with Gasteiger partial charge in [-0.2, -0.15) is 13.2 Å². The predicted octanol–water partition coefficient (Wildman–Crippen LogP) is 2.92. The fourth-order valence-corrected chi connectivity index (χ4v) is 1.53. The molecule has 1 N–H and O–H groups in total. The third-order valence-electron chi connectivity index (χ3n) is 2.33. The molecule has 0 radical (unpaired) electrons. The minimum atomic E-state index is -4.28. The fourth-order valence-electron chi connectivity index (χ4n) is 1.53. The van der Waals surface area contributed by atoms with Crippen LogP contribution < -0.4 is 5.32 Å². The van der Waals surface area contributed by atoms with Crippen LogP contribution in [0.25, 0.3) is 0 Å². The summed E-state index contributed by atoms with van der Waals surface area (Å²) in [6.45, 7) is 0.722. The Hall–Kier alpha value is -1.07. The highest BCUT2D eigenvalue weighted by molar-refractivity contribution is 5.20. The number of hydrogen-bond acceptors (Lipinski definition) is 2. The van der Waals surface area contributed by atoms with Crippen LogP contribution in [0.15, 0.2) is 30.3 Å². The van der Waals surface area contributed by atoms with Gasteiger partial charge in [0.15, 0.2) is 0 Å². The molecule has 0 amide bonds. The third-order valence-corrected chi connectivity index (χ3v) is 2.33. The van der Waals surface area contributed by atoms with Gasteiger partial charge in [-0.15, -0.1) is 0 Å². The number of halogens is 3. The summed E-state index contributed by atoms with van der Waals surface area (Å²) in [4.78, 5) is 0. The zero-order valence-corrected chi connectivity index (χ0v) is 9.63. The molecule has 2 nitrogen and oxygen atoms in total. The van der Waals surface area contributed by atoms with Gasteiger partial charge >= 0.3 is 6.18 Å². The molecular weight excluding hydrogens is 231 g/mol. The Morgan fingerprint density at radius 3 is 2.41 bits per heavy atom. The highest BCUT2D eigenvalue weighted by Crippen LogP contribution is 2.32. The zero-order valence-electron chi connectivity index (χ0n) is 9.63. The van der Waals surface area contributed by atoms with E-state index >= 15 is 0 Å². The quantitative estimate of drug-likeness (QED) is 0.780. The van der Waals surface area contributed by atoms with Crippen LogP contribution in [0.1, 0.15) is 18.0 Å². The lowest BCUT2D eigenvalue weighted by Crippen LogP contribution is -2.35. The molecule has 1 atom stereocenters. The molecular formula is C12H16F3NO. The molecule has 0 aromatic heterocycles. The Morgan fingerprint density at radius 2 is 1.88 bits per heavy atom. The number of rotatable bonds is 6. The number of methoxy groups -OCH3 is 1. The molecule has 0 spiro atoms. The smallest absolute Gasteiger partial charge is 0.385 e. The summed E-state index contributed by atoms with van der Waals surface area (Å²) in [5.41, 5.74) is 0.234. The van der Waals surface area contributed by atoms with E-state index in [9.17, 15) is 13.2 Å². The molecule has 0 aliphatic heterocycles. The SMILES string of the molecule is COCCCNC(c1ccccc1)C(F)(F)F. The van der Waals surface area contributed by atoms with Crippen molar-refractivity contribution in [1.82, 2.24) is 5.32 Å². The van der Waals surface area contributed by atoms with Gasteiger partial charge in [0.2, 0.25) is 0 Å². The second-order valence-corrected chi connectivity index (χ2v) is 3.69. The average Bonchev–Trinajstić information content (AvgIpc) is 2.28. The predicted molar refractivity (Wildman–Crippen MR) is 59.7 cm³/mol. The van der Waals surface area contributed by atoms with Crippen LogP contribution in [-0.4, -0.2) is 26.4 Å². The van der Waals surface area contributed by atoms with Crippen molar-refractivity contribution in [3.8, 4) is 0 Å². The molecule has 0 fully saturated rings. The average molecular weight is 247 g/mol. The van der Waals surface area contributed by atoms with Crippen LogP contribution in [-0.2, 0) is 4.74 Å². The number of hydrogen-bond donors (Lipinski definition) is 1. The van der Waals surface area contributed by atoms with Crippen molar-refractivity contribution in [3.63, 3.8) is 0 Å². The normalized spacial score (nSPS) is 13.6. The topological polar surface area (TPSA) is 21.3 Å². The van der Waals surface area contributed by atoms with Gasteiger partial charge in [0.05, 0.1) is 0 Å². The first kappa shape index (κ1) is 14.0. The third kappa shape index (κ3) is 4.75. The molecule has 0 aliphatic carbocycles. The van der Waals surface area contributed by atoms with E-state index in [1.165, 1.54) is 19.2 Å². The summed E-state index contributed by atoms with van der Waals surface area (Å²) >= 11 is 0. The minimum absolute atomic E-state index is 0.234. The lowest BCUT2D eigenvalue weighted by molar-refractivity contribution is -0.157. The first-order valence-electron chi connectivity index (χ1n) is 5.39. The monoisotopic (exact) mass is 247 g/mol. The van der Waals surface area contributed by atoms with E-state index in [-0.39, 0.29) is 12.1 Å².